The van der Waals surface area contributed by atoms with Gasteiger partial charge < -0.3 is 10.1 Å². The molecule has 0 saturated heterocycles. The first kappa shape index (κ1) is 15.3. The largest absolute Gasteiger partial charge is 0.474 e. The summed E-state index contributed by atoms with van der Waals surface area (Å²) in [5.41, 5.74) is 1.51. The molecule has 1 aliphatic rings. The summed E-state index contributed by atoms with van der Waals surface area (Å²) < 4.78 is 6.26. The number of pyridine rings is 1. The van der Waals surface area contributed by atoms with Crippen molar-refractivity contribution in [1.29, 1.82) is 0 Å². The standard InChI is InChI=1S/C17H28N2O/c1-12-9-14(11-17(3,4)10-12)20-16-15(13(2)18-5)7-6-8-19-16/h6-8,12-14,18H,9-11H2,1-5H3. The number of rotatable bonds is 4. The zero-order chi connectivity index (χ0) is 14.8. The second kappa shape index (κ2) is 6.13. The third-order valence-electron chi connectivity index (χ3n) is 4.32. The van der Waals surface area contributed by atoms with Crippen LogP contribution in [0.5, 0.6) is 5.88 Å². The van der Waals surface area contributed by atoms with Gasteiger partial charge in [0.05, 0.1) is 0 Å². The Morgan fingerprint density at radius 3 is 2.80 bits per heavy atom. The van der Waals surface area contributed by atoms with E-state index in [0.717, 1.165) is 30.2 Å². The third kappa shape index (κ3) is 3.72. The SMILES string of the molecule is CNC(C)c1cccnc1OC1CC(C)CC(C)(C)C1. The maximum absolute atomic E-state index is 6.26. The molecule has 3 nitrogen and oxygen atoms in total. The van der Waals surface area contributed by atoms with Crippen LogP contribution in [0.15, 0.2) is 18.3 Å². The van der Waals surface area contributed by atoms with Crippen LogP contribution in [0.1, 0.15) is 58.6 Å². The number of ether oxygens (including phenoxy) is 1. The van der Waals surface area contributed by atoms with Crippen LogP contribution >= 0.6 is 0 Å². The van der Waals surface area contributed by atoms with Crippen LogP contribution in [0.2, 0.25) is 0 Å². The van der Waals surface area contributed by atoms with Gasteiger partial charge in [-0.15, -0.1) is 0 Å². The Balaban J connectivity index is 2.13. The predicted octanol–water partition coefficient (Wildman–Crippen LogP) is 3.96. The average Bonchev–Trinajstić information content (AvgIpc) is 2.36. The van der Waals surface area contributed by atoms with Crippen LogP contribution < -0.4 is 10.1 Å². The smallest absolute Gasteiger partial charge is 0.218 e. The molecule has 0 radical (unpaired) electrons. The maximum Gasteiger partial charge on any atom is 0.218 e. The van der Waals surface area contributed by atoms with E-state index >= 15 is 0 Å². The molecular weight excluding hydrogens is 248 g/mol. The number of nitrogens with zero attached hydrogens (tertiary/aromatic N) is 1. The molecule has 0 aromatic carbocycles. The fourth-order valence-corrected chi connectivity index (χ4v) is 3.49. The van der Waals surface area contributed by atoms with Crippen molar-refractivity contribution in [2.45, 2.75) is 59.1 Å². The molecule has 1 aromatic rings. The van der Waals surface area contributed by atoms with E-state index in [1.807, 2.05) is 19.3 Å². The molecule has 0 bridgehead atoms. The van der Waals surface area contributed by atoms with Gasteiger partial charge in [-0.2, -0.15) is 0 Å². The minimum absolute atomic E-state index is 0.257. The monoisotopic (exact) mass is 276 g/mol. The minimum Gasteiger partial charge on any atom is -0.474 e. The lowest BCUT2D eigenvalue weighted by Gasteiger charge is -2.38. The summed E-state index contributed by atoms with van der Waals surface area (Å²) >= 11 is 0. The normalized spacial score (nSPS) is 27.1. The molecule has 2 rings (SSSR count). The first-order valence-corrected chi connectivity index (χ1v) is 7.70. The first-order valence-electron chi connectivity index (χ1n) is 7.70. The molecule has 1 aromatic heterocycles. The van der Waals surface area contributed by atoms with Crippen molar-refractivity contribution < 1.29 is 4.74 Å². The Labute approximate surface area is 123 Å². The molecule has 112 valence electrons. The maximum atomic E-state index is 6.26. The fourth-order valence-electron chi connectivity index (χ4n) is 3.49. The van der Waals surface area contributed by atoms with Gasteiger partial charge in [-0.25, -0.2) is 4.98 Å². The van der Waals surface area contributed by atoms with Crippen LogP contribution in [0.25, 0.3) is 0 Å². The van der Waals surface area contributed by atoms with Gasteiger partial charge in [0.2, 0.25) is 5.88 Å². The fraction of sp³-hybridized carbons (Fsp3) is 0.706. The molecule has 0 amide bonds. The number of hydrogen-bond donors (Lipinski definition) is 1. The number of aromatic nitrogens is 1. The van der Waals surface area contributed by atoms with Crippen LogP contribution in [-0.4, -0.2) is 18.1 Å². The molecule has 20 heavy (non-hydrogen) atoms. The molecule has 1 N–H and O–H groups in total. The Bertz CT molecular complexity index is 444. The summed E-state index contributed by atoms with van der Waals surface area (Å²) in [6.07, 6.45) is 5.63. The summed E-state index contributed by atoms with van der Waals surface area (Å²) in [7, 11) is 1.97. The van der Waals surface area contributed by atoms with E-state index < -0.39 is 0 Å². The predicted molar refractivity (Wildman–Crippen MR) is 82.9 cm³/mol. The number of nitrogens with one attached hydrogen (secondary N) is 1. The Morgan fingerprint density at radius 2 is 2.15 bits per heavy atom. The zero-order valence-corrected chi connectivity index (χ0v) is 13.4. The van der Waals surface area contributed by atoms with Gasteiger partial charge in [-0.05, 0) is 50.6 Å². The van der Waals surface area contributed by atoms with Crippen molar-refractivity contribution in [2.24, 2.45) is 11.3 Å². The molecule has 1 heterocycles. The highest BCUT2D eigenvalue weighted by Crippen LogP contribution is 2.40. The van der Waals surface area contributed by atoms with Gasteiger partial charge in [-0.3, -0.25) is 0 Å². The van der Waals surface area contributed by atoms with Crippen LogP contribution in [0, 0.1) is 11.3 Å². The molecule has 3 unspecified atom stereocenters. The molecule has 1 aliphatic carbocycles. The highest BCUT2D eigenvalue weighted by atomic mass is 16.5. The lowest BCUT2D eigenvalue weighted by atomic mass is 9.71. The van der Waals surface area contributed by atoms with E-state index in [0.29, 0.717) is 5.41 Å². The molecule has 3 atom stereocenters. The molecular formula is C17H28N2O. The van der Waals surface area contributed by atoms with E-state index in [9.17, 15) is 0 Å². The summed E-state index contributed by atoms with van der Waals surface area (Å²) in [5, 5.41) is 3.26. The van der Waals surface area contributed by atoms with E-state index in [1.165, 1.54) is 6.42 Å². The third-order valence-corrected chi connectivity index (χ3v) is 4.32. The second-order valence-corrected chi connectivity index (χ2v) is 7.06. The Hall–Kier alpha value is -1.09. The topological polar surface area (TPSA) is 34.2 Å². The quantitative estimate of drug-likeness (QED) is 0.904. The lowest BCUT2D eigenvalue weighted by Crippen LogP contribution is -2.34. The highest BCUT2D eigenvalue weighted by Gasteiger charge is 2.33. The average molecular weight is 276 g/mol. The Morgan fingerprint density at radius 1 is 1.40 bits per heavy atom. The Kier molecular flexibility index (Phi) is 4.69. The van der Waals surface area contributed by atoms with Gasteiger partial charge in [0.15, 0.2) is 0 Å². The summed E-state index contributed by atoms with van der Waals surface area (Å²) in [4.78, 5) is 4.45. The molecule has 0 aliphatic heterocycles. The van der Waals surface area contributed by atoms with Crippen LogP contribution in [-0.2, 0) is 0 Å². The lowest BCUT2D eigenvalue weighted by molar-refractivity contribution is 0.0522. The van der Waals surface area contributed by atoms with E-state index in [4.69, 9.17) is 4.74 Å². The molecule has 1 fully saturated rings. The minimum atomic E-state index is 0.257. The van der Waals surface area contributed by atoms with Gasteiger partial charge in [0.1, 0.15) is 6.10 Å². The molecule has 0 spiro atoms. The van der Waals surface area contributed by atoms with Crippen molar-refractivity contribution in [1.82, 2.24) is 10.3 Å². The van der Waals surface area contributed by atoms with Crippen molar-refractivity contribution in [3.63, 3.8) is 0 Å². The van der Waals surface area contributed by atoms with Crippen molar-refractivity contribution >= 4 is 0 Å². The van der Waals surface area contributed by atoms with Gasteiger partial charge in [0.25, 0.3) is 0 Å². The van der Waals surface area contributed by atoms with Crippen molar-refractivity contribution in [2.75, 3.05) is 7.05 Å². The molecule has 1 saturated carbocycles. The van der Waals surface area contributed by atoms with Gasteiger partial charge in [-0.1, -0.05) is 26.8 Å². The van der Waals surface area contributed by atoms with Crippen molar-refractivity contribution in [3.05, 3.63) is 23.9 Å². The first-order chi connectivity index (χ1) is 9.41. The summed E-state index contributed by atoms with van der Waals surface area (Å²) in [6.45, 7) is 9.15. The highest BCUT2D eigenvalue weighted by molar-refractivity contribution is 5.28. The van der Waals surface area contributed by atoms with Crippen LogP contribution in [0.3, 0.4) is 0 Å². The summed E-state index contributed by atoms with van der Waals surface area (Å²) in [5.74, 6) is 1.52. The summed E-state index contributed by atoms with van der Waals surface area (Å²) in [6, 6.07) is 4.33. The zero-order valence-electron chi connectivity index (χ0n) is 13.4. The van der Waals surface area contributed by atoms with E-state index in [2.05, 4.69) is 44.1 Å². The van der Waals surface area contributed by atoms with E-state index in [1.54, 1.807) is 0 Å². The number of hydrogen-bond acceptors (Lipinski definition) is 3. The van der Waals surface area contributed by atoms with Gasteiger partial charge in [0, 0.05) is 17.8 Å². The van der Waals surface area contributed by atoms with Gasteiger partial charge >= 0.3 is 0 Å². The van der Waals surface area contributed by atoms with Crippen LogP contribution in [0.4, 0.5) is 0 Å². The van der Waals surface area contributed by atoms with Crippen molar-refractivity contribution in [3.8, 4) is 5.88 Å². The second-order valence-electron chi connectivity index (χ2n) is 7.06. The van der Waals surface area contributed by atoms with E-state index in [-0.39, 0.29) is 12.1 Å². The molecule has 3 heteroatoms.